The molecule has 4 nitrogen and oxygen atoms in total. The normalized spacial score (nSPS) is 10.5. The Morgan fingerprint density at radius 3 is 2.60 bits per heavy atom. The summed E-state index contributed by atoms with van der Waals surface area (Å²) in [4.78, 5) is 9.82. The van der Waals surface area contributed by atoms with E-state index in [1.807, 2.05) is 0 Å². The van der Waals surface area contributed by atoms with Crippen molar-refractivity contribution >= 4 is 17.3 Å². The molecule has 0 amide bonds. The molecule has 0 saturated heterocycles. The molecule has 0 fully saturated rings. The van der Waals surface area contributed by atoms with Crippen molar-refractivity contribution in [3.63, 3.8) is 0 Å². The second kappa shape index (κ2) is 4.39. The molecule has 15 heavy (non-hydrogen) atoms. The van der Waals surface area contributed by atoms with E-state index in [2.05, 4.69) is 4.74 Å². The van der Waals surface area contributed by atoms with E-state index in [0.717, 1.165) is 12.1 Å². The van der Waals surface area contributed by atoms with Gasteiger partial charge < -0.3 is 4.74 Å². The van der Waals surface area contributed by atoms with Crippen molar-refractivity contribution in [3.8, 4) is 5.75 Å². The first-order valence-corrected chi connectivity index (χ1v) is 4.19. The Morgan fingerprint density at radius 1 is 1.53 bits per heavy atom. The molecule has 0 aliphatic rings. The van der Waals surface area contributed by atoms with Crippen LogP contribution < -0.4 is 4.74 Å². The fourth-order valence-corrected chi connectivity index (χ4v) is 1.24. The Kier molecular flexibility index (Phi) is 3.41. The van der Waals surface area contributed by atoms with Crippen LogP contribution in [0.25, 0.3) is 0 Å². The Morgan fingerprint density at radius 2 is 2.13 bits per heavy atom. The SMILES string of the molecule is Cc1c([N+](=O)[O-])ccc(OC(F)F)c1Cl. The topological polar surface area (TPSA) is 52.4 Å². The van der Waals surface area contributed by atoms with Crippen LogP contribution in [0.15, 0.2) is 12.1 Å². The molecule has 0 spiro atoms. The van der Waals surface area contributed by atoms with Gasteiger partial charge in [-0.2, -0.15) is 8.78 Å². The first-order chi connectivity index (χ1) is 6.93. The molecule has 0 aliphatic carbocycles. The molecular weight excluding hydrogens is 232 g/mol. The Hall–Kier alpha value is -1.43. The lowest BCUT2D eigenvalue weighted by Gasteiger charge is -2.08. The van der Waals surface area contributed by atoms with Gasteiger partial charge in [-0.25, -0.2) is 0 Å². The van der Waals surface area contributed by atoms with Crippen molar-refractivity contribution in [1.82, 2.24) is 0 Å². The summed E-state index contributed by atoms with van der Waals surface area (Å²) in [5, 5.41) is 10.3. The number of hydrogen-bond donors (Lipinski definition) is 0. The summed E-state index contributed by atoms with van der Waals surface area (Å²) in [5.41, 5.74) is -0.138. The van der Waals surface area contributed by atoms with Gasteiger partial charge in [0.15, 0.2) is 0 Å². The fourth-order valence-electron chi connectivity index (χ4n) is 1.03. The lowest BCUT2D eigenvalue weighted by atomic mass is 10.2. The second-order valence-corrected chi connectivity index (χ2v) is 3.04. The number of rotatable bonds is 3. The first kappa shape index (κ1) is 11.6. The first-order valence-electron chi connectivity index (χ1n) is 3.81. The number of nitrogens with zero attached hydrogens (tertiary/aromatic N) is 1. The van der Waals surface area contributed by atoms with E-state index >= 15 is 0 Å². The molecule has 0 bridgehead atoms. The van der Waals surface area contributed by atoms with Crippen LogP contribution in [0.1, 0.15) is 5.56 Å². The maximum atomic E-state index is 11.9. The van der Waals surface area contributed by atoms with Gasteiger partial charge in [-0.05, 0) is 13.0 Å². The fraction of sp³-hybridized carbons (Fsp3) is 0.250. The third-order valence-electron chi connectivity index (χ3n) is 1.74. The molecule has 0 N–H and O–H groups in total. The van der Waals surface area contributed by atoms with Gasteiger partial charge in [0.05, 0.1) is 9.95 Å². The van der Waals surface area contributed by atoms with Crippen LogP contribution in [0, 0.1) is 17.0 Å². The van der Waals surface area contributed by atoms with Crippen LogP contribution in [0.4, 0.5) is 14.5 Å². The average molecular weight is 238 g/mol. The number of alkyl halides is 2. The van der Waals surface area contributed by atoms with Gasteiger partial charge in [0.25, 0.3) is 5.69 Å². The number of nitro groups is 1. The minimum Gasteiger partial charge on any atom is -0.433 e. The van der Waals surface area contributed by atoms with E-state index < -0.39 is 11.5 Å². The molecule has 82 valence electrons. The number of halogens is 3. The van der Waals surface area contributed by atoms with Crippen molar-refractivity contribution in [2.45, 2.75) is 13.5 Å². The molecule has 1 rings (SSSR count). The Labute approximate surface area is 88.6 Å². The quantitative estimate of drug-likeness (QED) is 0.599. The molecule has 0 atom stereocenters. The smallest absolute Gasteiger partial charge is 0.387 e. The molecule has 0 saturated carbocycles. The van der Waals surface area contributed by atoms with Crippen LogP contribution in [0.3, 0.4) is 0 Å². The van der Waals surface area contributed by atoms with Crippen molar-refractivity contribution in [2.24, 2.45) is 0 Å². The molecule has 0 aliphatic heterocycles. The zero-order chi connectivity index (χ0) is 11.6. The lowest BCUT2D eigenvalue weighted by molar-refractivity contribution is -0.385. The summed E-state index contributed by atoms with van der Waals surface area (Å²) in [7, 11) is 0. The van der Waals surface area contributed by atoms with Crippen LogP contribution in [-0.2, 0) is 0 Å². The van der Waals surface area contributed by atoms with Crippen molar-refractivity contribution < 1.29 is 18.4 Å². The minimum atomic E-state index is -3.01. The second-order valence-electron chi connectivity index (χ2n) is 2.66. The van der Waals surface area contributed by atoms with E-state index in [-0.39, 0.29) is 22.0 Å². The zero-order valence-electron chi connectivity index (χ0n) is 7.54. The third kappa shape index (κ3) is 2.53. The van der Waals surface area contributed by atoms with Gasteiger partial charge in [-0.15, -0.1) is 0 Å². The lowest BCUT2D eigenvalue weighted by Crippen LogP contribution is -2.03. The molecular formula is C8H6ClF2NO3. The maximum absolute atomic E-state index is 11.9. The largest absolute Gasteiger partial charge is 0.433 e. The number of benzene rings is 1. The zero-order valence-corrected chi connectivity index (χ0v) is 8.29. The van der Waals surface area contributed by atoms with Crippen LogP contribution in [0.5, 0.6) is 5.75 Å². The highest BCUT2D eigenvalue weighted by Gasteiger charge is 2.18. The van der Waals surface area contributed by atoms with Crippen LogP contribution in [0.2, 0.25) is 5.02 Å². The molecule has 1 aromatic carbocycles. The average Bonchev–Trinajstić information content (AvgIpc) is 2.12. The molecule has 0 radical (unpaired) electrons. The predicted octanol–water partition coefficient (Wildman–Crippen LogP) is 3.16. The summed E-state index contributed by atoms with van der Waals surface area (Å²) < 4.78 is 27.8. The number of ether oxygens (including phenoxy) is 1. The van der Waals surface area contributed by atoms with Crippen LogP contribution >= 0.6 is 11.6 Å². The van der Waals surface area contributed by atoms with Gasteiger partial charge in [0, 0.05) is 11.6 Å². The summed E-state index contributed by atoms with van der Waals surface area (Å²) in [5.74, 6) is -0.269. The van der Waals surface area contributed by atoms with Gasteiger partial charge in [0.2, 0.25) is 0 Å². The highest BCUT2D eigenvalue weighted by atomic mass is 35.5. The highest BCUT2D eigenvalue weighted by molar-refractivity contribution is 6.33. The van der Waals surface area contributed by atoms with Crippen molar-refractivity contribution in [2.75, 3.05) is 0 Å². The third-order valence-corrected chi connectivity index (χ3v) is 2.20. The Balaban J connectivity index is 3.15. The molecule has 7 heteroatoms. The molecule has 0 aromatic heterocycles. The number of nitro benzene ring substituents is 1. The highest BCUT2D eigenvalue weighted by Crippen LogP contribution is 2.34. The predicted molar refractivity (Wildman–Crippen MR) is 49.5 cm³/mol. The van der Waals surface area contributed by atoms with E-state index in [4.69, 9.17) is 11.6 Å². The Bertz CT molecular complexity index is 398. The summed E-state index contributed by atoms with van der Waals surface area (Å²) in [6.45, 7) is -1.65. The van der Waals surface area contributed by atoms with Gasteiger partial charge in [-0.1, -0.05) is 11.6 Å². The van der Waals surface area contributed by atoms with Gasteiger partial charge >= 0.3 is 6.61 Å². The van der Waals surface area contributed by atoms with Crippen LogP contribution in [-0.4, -0.2) is 11.5 Å². The molecule has 0 heterocycles. The van der Waals surface area contributed by atoms with Gasteiger partial charge in [0.1, 0.15) is 5.75 Å². The van der Waals surface area contributed by atoms with E-state index in [1.54, 1.807) is 0 Å². The summed E-state index contributed by atoms with van der Waals surface area (Å²) in [6.07, 6.45) is 0. The van der Waals surface area contributed by atoms with Gasteiger partial charge in [-0.3, -0.25) is 10.1 Å². The van der Waals surface area contributed by atoms with E-state index in [9.17, 15) is 18.9 Å². The van der Waals surface area contributed by atoms with Crippen molar-refractivity contribution in [1.29, 1.82) is 0 Å². The molecule has 0 unspecified atom stereocenters. The van der Waals surface area contributed by atoms with E-state index in [0.29, 0.717) is 0 Å². The monoisotopic (exact) mass is 237 g/mol. The molecule has 1 aromatic rings. The summed E-state index contributed by atoms with van der Waals surface area (Å²) in [6, 6.07) is 2.11. The maximum Gasteiger partial charge on any atom is 0.387 e. The van der Waals surface area contributed by atoms with E-state index in [1.165, 1.54) is 6.92 Å². The minimum absolute atomic E-state index is 0.0971. The number of hydrogen-bond acceptors (Lipinski definition) is 3. The standard InChI is InChI=1S/C8H6ClF2NO3/c1-4-5(12(13)14)2-3-6(7(4)9)15-8(10)11/h2-3,8H,1H3. The van der Waals surface area contributed by atoms with Crippen molar-refractivity contribution in [3.05, 3.63) is 32.8 Å². The summed E-state index contributed by atoms with van der Waals surface area (Å²) >= 11 is 5.62.